The summed E-state index contributed by atoms with van der Waals surface area (Å²) in [6.45, 7) is 6.31. The van der Waals surface area contributed by atoms with Gasteiger partial charge in [-0.25, -0.2) is 4.79 Å². The molecule has 2 heterocycles. The van der Waals surface area contributed by atoms with Gasteiger partial charge in [0.1, 0.15) is 0 Å². The van der Waals surface area contributed by atoms with E-state index >= 15 is 0 Å². The lowest BCUT2D eigenvalue weighted by Gasteiger charge is -2.37. The Morgan fingerprint density at radius 1 is 1.29 bits per heavy atom. The van der Waals surface area contributed by atoms with Crippen LogP contribution in [-0.2, 0) is 14.9 Å². The first-order chi connectivity index (χ1) is 14.6. The van der Waals surface area contributed by atoms with Gasteiger partial charge >= 0.3 is 6.09 Å². The van der Waals surface area contributed by atoms with Gasteiger partial charge < -0.3 is 25.0 Å². The number of nitrogens with zero attached hydrogens (tertiary/aromatic N) is 2. The number of methoxy groups -OCH3 is 1. The van der Waals surface area contributed by atoms with E-state index in [4.69, 9.17) is 26.1 Å². The Bertz CT molecular complexity index is 735. The van der Waals surface area contributed by atoms with Gasteiger partial charge in [0.05, 0.1) is 13.7 Å². The first-order valence-corrected chi connectivity index (χ1v) is 11.2. The molecule has 0 atom stereocenters. The third-order valence-corrected chi connectivity index (χ3v) is 6.38. The summed E-state index contributed by atoms with van der Waals surface area (Å²) < 4.78 is 10.5. The molecule has 0 spiro atoms. The highest BCUT2D eigenvalue weighted by Crippen LogP contribution is 2.38. The number of halogens is 2. The van der Waals surface area contributed by atoms with Crippen LogP contribution in [0.25, 0.3) is 0 Å². The smallest absolute Gasteiger partial charge is 0.409 e. The highest BCUT2D eigenvalue weighted by molar-refractivity contribution is 14.0. The largest absolute Gasteiger partial charge is 0.453 e. The maximum atomic E-state index is 11.7. The molecule has 2 saturated heterocycles. The lowest BCUT2D eigenvalue weighted by molar-refractivity contribution is 0.0531. The van der Waals surface area contributed by atoms with Crippen LogP contribution in [0.1, 0.15) is 38.2 Å². The quantitative estimate of drug-likeness (QED) is 0.323. The number of carbonyl (C=O) groups excluding carboxylic acids is 1. The van der Waals surface area contributed by atoms with E-state index in [1.54, 1.807) is 4.90 Å². The van der Waals surface area contributed by atoms with E-state index in [0.717, 1.165) is 62.0 Å². The Kier molecular flexibility index (Phi) is 10.6. The minimum atomic E-state index is -0.254. The molecule has 2 fully saturated rings. The van der Waals surface area contributed by atoms with Gasteiger partial charge in [0.2, 0.25) is 0 Å². The lowest BCUT2D eigenvalue weighted by Crippen LogP contribution is -2.50. The van der Waals surface area contributed by atoms with E-state index in [1.807, 2.05) is 18.2 Å². The molecule has 3 rings (SSSR count). The second kappa shape index (κ2) is 12.7. The molecule has 0 aromatic heterocycles. The molecule has 31 heavy (non-hydrogen) atoms. The lowest BCUT2D eigenvalue weighted by atomic mass is 9.74. The van der Waals surface area contributed by atoms with E-state index in [1.165, 1.54) is 7.11 Å². The maximum Gasteiger partial charge on any atom is 0.409 e. The Hall–Kier alpha value is -1.26. The van der Waals surface area contributed by atoms with Crippen LogP contribution in [0.5, 0.6) is 0 Å². The minimum absolute atomic E-state index is 0. The number of carbonyl (C=O) groups is 1. The first kappa shape index (κ1) is 26.0. The summed E-state index contributed by atoms with van der Waals surface area (Å²) in [5.41, 5.74) is 1.04. The number of benzene rings is 1. The average Bonchev–Trinajstić information content (AvgIpc) is 2.78. The van der Waals surface area contributed by atoms with Crippen LogP contribution < -0.4 is 10.6 Å². The van der Waals surface area contributed by atoms with Gasteiger partial charge in [-0.3, -0.25) is 4.99 Å². The Balaban J connectivity index is 0.00000341. The summed E-state index contributed by atoms with van der Waals surface area (Å²) >= 11 is 6.57. The van der Waals surface area contributed by atoms with Crippen molar-refractivity contribution in [1.82, 2.24) is 15.5 Å². The molecule has 0 bridgehead atoms. The Labute approximate surface area is 207 Å². The number of hydrogen-bond donors (Lipinski definition) is 2. The zero-order valence-electron chi connectivity index (χ0n) is 18.4. The predicted octanol–water partition coefficient (Wildman–Crippen LogP) is 3.79. The molecule has 0 unspecified atom stereocenters. The molecule has 7 nitrogen and oxygen atoms in total. The second-order valence-corrected chi connectivity index (χ2v) is 8.35. The van der Waals surface area contributed by atoms with Crippen molar-refractivity contribution >= 4 is 47.6 Å². The third-order valence-electron chi connectivity index (χ3n) is 6.05. The van der Waals surface area contributed by atoms with Crippen LogP contribution in [0.4, 0.5) is 4.79 Å². The van der Waals surface area contributed by atoms with Gasteiger partial charge in [-0.1, -0.05) is 29.8 Å². The van der Waals surface area contributed by atoms with Crippen LogP contribution in [0.15, 0.2) is 29.3 Å². The van der Waals surface area contributed by atoms with Gasteiger partial charge in [-0.05, 0) is 44.2 Å². The zero-order chi connectivity index (χ0) is 21.4. The number of nitrogens with one attached hydrogen (secondary N) is 2. The fourth-order valence-electron chi connectivity index (χ4n) is 4.25. The molecule has 2 aliphatic rings. The number of aliphatic imine (C=N–C) groups is 1. The van der Waals surface area contributed by atoms with Crippen molar-refractivity contribution in [3.63, 3.8) is 0 Å². The molecule has 0 aliphatic carbocycles. The first-order valence-electron chi connectivity index (χ1n) is 10.8. The molecule has 174 valence electrons. The summed E-state index contributed by atoms with van der Waals surface area (Å²) in [5, 5.41) is 7.71. The van der Waals surface area contributed by atoms with E-state index in [9.17, 15) is 4.79 Å². The number of guanidine groups is 1. The molecule has 0 radical (unpaired) electrons. The summed E-state index contributed by atoms with van der Waals surface area (Å²) in [4.78, 5) is 18.4. The summed E-state index contributed by atoms with van der Waals surface area (Å²) in [7, 11) is 1.42. The van der Waals surface area contributed by atoms with Crippen LogP contribution in [0, 0.1) is 0 Å². The van der Waals surface area contributed by atoms with Crippen molar-refractivity contribution in [2.75, 3.05) is 46.5 Å². The van der Waals surface area contributed by atoms with E-state index < -0.39 is 0 Å². The minimum Gasteiger partial charge on any atom is -0.453 e. The monoisotopic (exact) mass is 564 g/mol. The van der Waals surface area contributed by atoms with E-state index in [-0.39, 0.29) is 41.5 Å². The fraction of sp³-hybridized carbons (Fsp3) is 0.636. The molecule has 2 aliphatic heterocycles. The van der Waals surface area contributed by atoms with Gasteiger partial charge in [0, 0.05) is 49.3 Å². The molecular formula is C22H34ClIN4O3. The Morgan fingerprint density at radius 3 is 2.58 bits per heavy atom. The highest BCUT2D eigenvalue weighted by Gasteiger charge is 2.36. The summed E-state index contributed by atoms with van der Waals surface area (Å²) in [5.74, 6) is 0.812. The second-order valence-electron chi connectivity index (χ2n) is 7.94. The topological polar surface area (TPSA) is 75.2 Å². The van der Waals surface area contributed by atoms with E-state index in [2.05, 4.69) is 23.6 Å². The number of ether oxygens (including phenoxy) is 2. The van der Waals surface area contributed by atoms with Gasteiger partial charge in [0.15, 0.2) is 5.96 Å². The fourth-order valence-corrected chi connectivity index (χ4v) is 4.58. The van der Waals surface area contributed by atoms with Crippen molar-refractivity contribution in [2.24, 2.45) is 4.99 Å². The third kappa shape index (κ3) is 6.86. The van der Waals surface area contributed by atoms with Crippen molar-refractivity contribution in [1.29, 1.82) is 0 Å². The molecular weight excluding hydrogens is 531 g/mol. The van der Waals surface area contributed by atoms with Gasteiger partial charge in [-0.2, -0.15) is 0 Å². The number of piperidine rings is 1. The normalized spacial score (nSPS) is 19.3. The average molecular weight is 565 g/mol. The predicted molar refractivity (Wildman–Crippen MR) is 135 cm³/mol. The summed E-state index contributed by atoms with van der Waals surface area (Å²) in [6.07, 6.45) is 3.27. The Morgan fingerprint density at radius 2 is 1.97 bits per heavy atom. The molecule has 1 amide bonds. The van der Waals surface area contributed by atoms with Crippen LogP contribution in [0.2, 0.25) is 5.02 Å². The van der Waals surface area contributed by atoms with Crippen molar-refractivity contribution in [2.45, 2.75) is 44.1 Å². The zero-order valence-corrected chi connectivity index (χ0v) is 21.4. The van der Waals surface area contributed by atoms with Crippen molar-refractivity contribution in [3.8, 4) is 0 Å². The summed E-state index contributed by atoms with van der Waals surface area (Å²) in [6, 6.07) is 8.35. The molecule has 1 aromatic rings. The van der Waals surface area contributed by atoms with Crippen LogP contribution in [-0.4, -0.2) is 69.5 Å². The van der Waals surface area contributed by atoms with Crippen LogP contribution in [0.3, 0.4) is 0 Å². The molecule has 9 heteroatoms. The van der Waals surface area contributed by atoms with Crippen molar-refractivity contribution < 1.29 is 14.3 Å². The maximum absolute atomic E-state index is 11.7. The molecule has 1 aromatic carbocycles. The number of hydrogen-bond acceptors (Lipinski definition) is 4. The van der Waals surface area contributed by atoms with Crippen molar-refractivity contribution in [3.05, 3.63) is 34.9 Å². The number of amides is 1. The van der Waals surface area contributed by atoms with Crippen LogP contribution >= 0.6 is 35.6 Å². The number of likely N-dealkylation sites (tertiary alicyclic amines) is 1. The SMILES string of the molecule is CCNC(=NCC1(c2ccccc2Cl)CCOCC1)NC1CCN(C(=O)OC)CC1.I. The highest BCUT2D eigenvalue weighted by atomic mass is 127. The number of rotatable bonds is 5. The molecule has 0 saturated carbocycles. The van der Waals surface area contributed by atoms with Gasteiger partial charge in [-0.15, -0.1) is 24.0 Å². The molecule has 2 N–H and O–H groups in total. The standard InChI is InChI=1S/C22H33ClN4O3.HI/c1-3-24-20(26-17-8-12-27(13-9-17)21(28)29-2)25-16-22(10-14-30-15-11-22)18-6-4-5-7-19(18)23;/h4-7,17H,3,8-16H2,1-2H3,(H2,24,25,26);1H. The van der Waals surface area contributed by atoms with Gasteiger partial charge in [0.25, 0.3) is 0 Å². The van der Waals surface area contributed by atoms with E-state index in [0.29, 0.717) is 19.6 Å².